The van der Waals surface area contributed by atoms with Gasteiger partial charge in [0.2, 0.25) is 5.89 Å². The van der Waals surface area contributed by atoms with E-state index in [1.165, 1.54) is 17.3 Å². The van der Waals surface area contributed by atoms with Crippen LogP contribution in [0.15, 0.2) is 33.9 Å². The lowest BCUT2D eigenvalue weighted by Crippen LogP contribution is -2.15. The second-order valence-corrected chi connectivity index (χ2v) is 11.9. The first-order valence-electron chi connectivity index (χ1n) is 9.38. The number of carbonyl (C=O) groups is 1. The van der Waals surface area contributed by atoms with Gasteiger partial charge in [-0.15, -0.1) is 10.2 Å². The van der Waals surface area contributed by atoms with Crippen LogP contribution in [0.1, 0.15) is 55.9 Å². The summed E-state index contributed by atoms with van der Waals surface area (Å²) in [5, 5.41) is 7.98. The average Bonchev–Trinajstić information content (AvgIpc) is 3.19. The number of rotatable bonds is 6. The third kappa shape index (κ3) is 5.23. The Morgan fingerprint density at radius 3 is 2.50 bits per heavy atom. The largest absolute Gasteiger partial charge is 0.416 e. The second kappa shape index (κ2) is 7.99. The smallest absolute Gasteiger partial charge is 0.277 e. The van der Waals surface area contributed by atoms with E-state index < -0.39 is 9.84 Å². The molecule has 3 rings (SSSR count). The van der Waals surface area contributed by atoms with Crippen molar-refractivity contribution in [1.29, 1.82) is 0 Å². The fourth-order valence-corrected chi connectivity index (χ4v) is 5.86. The highest BCUT2D eigenvalue weighted by atomic mass is 32.2. The molecular weight excluding hydrogens is 396 g/mol. The Morgan fingerprint density at radius 2 is 1.93 bits per heavy atom. The van der Waals surface area contributed by atoms with Crippen molar-refractivity contribution in [3.8, 4) is 0 Å². The summed E-state index contributed by atoms with van der Waals surface area (Å²) in [4.78, 5) is 12.7. The van der Waals surface area contributed by atoms with Gasteiger partial charge in [0, 0.05) is 12.0 Å². The van der Waals surface area contributed by atoms with Gasteiger partial charge in [0.05, 0.1) is 16.8 Å². The number of Topliss-reactive ketones (excluding diaryl/α,β-unsaturated/α-hetero) is 1. The van der Waals surface area contributed by atoms with Crippen molar-refractivity contribution in [2.45, 2.75) is 56.4 Å². The lowest BCUT2D eigenvalue weighted by Gasteiger charge is -2.19. The minimum absolute atomic E-state index is 0.00657. The molecule has 1 aromatic carbocycles. The highest BCUT2D eigenvalue weighted by Crippen LogP contribution is 2.28. The summed E-state index contributed by atoms with van der Waals surface area (Å²) in [6.07, 6.45) is 1.09. The summed E-state index contributed by atoms with van der Waals surface area (Å²) in [6, 6.07) is 7.70. The summed E-state index contributed by atoms with van der Waals surface area (Å²) < 4.78 is 28.7. The van der Waals surface area contributed by atoms with Crippen LogP contribution in [0.5, 0.6) is 0 Å². The Morgan fingerprint density at radius 1 is 1.25 bits per heavy atom. The predicted octanol–water partition coefficient (Wildman–Crippen LogP) is 3.71. The molecule has 0 N–H and O–H groups in total. The molecule has 1 aliphatic rings. The molecule has 0 aliphatic carbocycles. The molecular formula is C20H26N2O4S2. The van der Waals surface area contributed by atoms with Crippen molar-refractivity contribution in [3.63, 3.8) is 0 Å². The van der Waals surface area contributed by atoms with Gasteiger partial charge in [0.1, 0.15) is 0 Å². The summed E-state index contributed by atoms with van der Waals surface area (Å²) in [7, 11) is -2.92. The third-order valence-corrected chi connectivity index (χ3v) is 7.69. The number of hydrogen-bond acceptors (Lipinski definition) is 7. The monoisotopic (exact) mass is 422 g/mol. The Bertz CT molecular complexity index is 943. The van der Waals surface area contributed by atoms with Gasteiger partial charge >= 0.3 is 0 Å². The van der Waals surface area contributed by atoms with Crippen LogP contribution in [0, 0.1) is 5.92 Å². The van der Waals surface area contributed by atoms with E-state index in [1.54, 1.807) is 0 Å². The van der Waals surface area contributed by atoms with Gasteiger partial charge in [-0.3, -0.25) is 4.79 Å². The van der Waals surface area contributed by atoms with Gasteiger partial charge in [0.15, 0.2) is 15.6 Å². The minimum atomic E-state index is -2.92. The number of benzene rings is 1. The molecule has 2 aromatic rings. The van der Waals surface area contributed by atoms with Crippen molar-refractivity contribution < 1.29 is 17.6 Å². The number of carbonyl (C=O) groups excluding carboxylic acids is 1. The number of sulfone groups is 1. The predicted molar refractivity (Wildman–Crippen MR) is 110 cm³/mol. The molecule has 8 heteroatoms. The molecule has 0 bridgehead atoms. The summed E-state index contributed by atoms with van der Waals surface area (Å²) >= 11 is 1.23. The maximum atomic E-state index is 12.7. The van der Waals surface area contributed by atoms with E-state index in [0.29, 0.717) is 29.5 Å². The molecule has 2 atom stereocenters. The Balaban J connectivity index is 1.59. The van der Waals surface area contributed by atoms with E-state index in [9.17, 15) is 13.2 Å². The molecule has 152 valence electrons. The Kier molecular flexibility index (Phi) is 6.00. The average molecular weight is 423 g/mol. The zero-order valence-corrected chi connectivity index (χ0v) is 18.3. The van der Waals surface area contributed by atoms with Crippen LogP contribution in [0.3, 0.4) is 0 Å². The summed E-state index contributed by atoms with van der Waals surface area (Å²) in [6.45, 7) is 8.22. The van der Waals surface area contributed by atoms with E-state index in [-0.39, 0.29) is 33.9 Å². The van der Waals surface area contributed by atoms with Gasteiger partial charge < -0.3 is 4.42 Å². The molecule has 1 aromatic heterocycles. The molecule has 2 heterocycles. The van der Waals surface area contributed by atoms with E-state index in [4.69, 9.17) is 4.42 Å². The van der Waals surface area contributed by atoms with Gasteiger partial charge in [-0.2, -0.15) is 0 Å². The van der Waals surface area contributed by atoms with Crippen molar-refractivity contribution in [3.05, 3.63) is 41.3 Å². The Labute approximate surface area is 170 Å². The first-order valence-corrected chi connectivity index (χ1v) is 12.1. The molecule has 28 heavy (non-hydrogen) atoms. The molecule has 1 saturated heterocycles. The van der Waals surface area contributed by atoms with Gasteiger partial charge in [0.25, 0.3) is 5.22 Å². The first-order chi connectivity index (χ1) is 13.0. The van der Waals surface area contributed by atoms with Crippen LogP contribution < -0.4 is 0 Å². The van der Waals surface area contributed by atoms with Crippen molar-refractivity contribution in [1.82, 2.24) is 10.2 Å². The zero-order valence-electron chi connectivity index (χ0n) is 16.6. The SMILES string of the molecule is C[C@@H](Sc1nnc(C[C@@H]2CCS(=O)(=O)C2)o1)C(=O)c1ccc(C(C)(C)C)cc1. The highest BCUT2D eigenvalue weighted by molar-refractivity contribution is 8.00. The van der Waals surface area contributed by atoms with Crippen LogP contribution >= 0.6 is 11.8 Å². The molecule has 1 aliphatic heterocycles. The molecule has 0 radical (unpaired) electrons. The van der Waals surface area contributed by atoms with Crippen LogP contribution in [0.25, 0.3) is 0 Å². The number of aromatic nitrogens is 2. The molecule has 0 spiro atoms. The van der Waals surface area contributed by atoms with Crippen molar-refractivity contribution in [2.75, 3.05) is 11.5 Å². The van der Waals surface area contributed by atoms with Gasteiger partial charge in [-0.05, 0) is 30.2 Å². The van der Waals surface area contributed by atoms with E-state index in [0.717, 1.165) is 0 Å². The van der Waals surface area contributed by atoms with Crippen LogP contribution in [-0.4, -0.2) is 41.2 Å². The zero-order chi connectivity index (χ0) is 20.5. The molecule has 0 saturated carbocycles. The van der Waals surface area contributed by atoms with Crippen LogP contribution in [-0.2, 0) is 21.7 Å². The van der Waals surface area contributed by atoms with Crippen molar-refractivity contribution >= 4 is 27.4 Å². The summed E-state index contributed by atoms with van der Waals surface area (Å²) in [5.74, 6) is 0.874. The topological polar surface area (TPSA) is 90.1 Å². The maximum absolute atomic E-state index is 12.7. The van der Waals surface area contributed by atoms with Crippen LogP contribution in [0.4, 0.5) is 0 Å². The van der Waals surface area contributed by atoms with E-state index in [1.807, 2.05) is 31.2 Å². The second-order valence-electron chi connectivity index (χ2n) is 8.39. The summed E-state index contributed by atoms with van der Waals surface area (Å²) in [5.41, 5.74) is 1.88. The number of thioether (sulfide) groups is 1. The Hall–Kier alpha value is -1.67. The fourth-order valence-electron chi connectivity index (χ4n) is 3.22. The highest BCUT2D eigenvalue weighted by Gasteiger charge is 2.29. The van der Waals surface area contributed by atoms with Gasteiger partial charge in [-0.1, -0.05) is 56.8 Å². The van der Waals surface area contributed by atoms with Crippen LogP contribution in [0.2, 0.25) is 0 Å². The standard InChI is InChI=1S/C20H26N2O4S2/c1-13(18(23)15-5-7-16(8-6-15)20(2,3)4)27-19-22-21-17(26-19)11-14-9-10-28(24,25)12-14/h5-8,13-14H,9-12H2,1-4H3/t13-,14+/m1/s1. The molecule has 0 amide bonds. The number of ketones is 1. The van der Waals surface area contributed by atoms with E-state index >= 15 is 0 Å². The minimum Gasteiger partial charge on any atom is -0.416 e. The quantitative estimate of drug-likeness (QED) is 0.518. The van der Waals surface area contributed by atoms with Crippen molar-refractivity contribution in [2.24, 2.45) is 5.92 Å². The molecule has 6 nitrogen and oxygen atoms in total. The molecule has 0 unspecified atom stereocenters. The molecule has 1 fully saturated rings. The lowest BCUT2D eigenvalue weighted by molar-refractivity contribution is 0.0993. The van der Waals surface area contributed by atoms with E-state index in [2.05, 4.69) is 31.0 Å². The number of nitrogens with zero attached hydrogens (tertiary/aromatic N) is 2. The normalized spacial score (nSPS) is 20.2. The maximum Gasteiger partial charge on any atom is 0.277 e. The third-order valence-electron chi connectivity index (χ3n) is 4.92. The lowest BCUT2D eigenvalue weighted by atomic mass is 9.86. The number of hydrogen-bond donors (Lipinski definition) is 0. The first kappa shape index (κ1) is 21.0. The fraction of sp³-hybridized carbons (Fsp3) is 0.550. The van der Waals surface area contributed by atoms with Gasteiger partial charge in [-0.25, -0.2) is 8.42 Å².